The van der Waals surface area contributed by atoms with Crippen LogP contribution < -0.4 is 0 Å². The lowest BCUT2D eigenvalue weighted by Crippen LogP contribution is -1.95. The van der Waals surface area contributed by atoms with E-state index in [-0.39, 0.29) is 6.92 Å². The summed E-state index contributed by atoms with van der Waals surface area (Å²) in [6.45, 7) is 0.188. The third-order valence-corrected chi connectivity index (χ3v) is 0.347. The van der Waals surface area contributed by atoms with Gasteiger partial charge in [-0.25, -0.2) is 0 Å². The topological polar surface area (TPSA) is 26.0 Å². The van der Waals surface area contributed by atoms with Crippen molar-refractivity contribution >= 4 is 0 Å². The minimum atomic E-state index is -4.00. The average Bonchev–Trinajstić information content (AvgIpc) is 2.07. The van der Waals surface area contributed by atoms with Crippen LogP contribution in [0.3, 0.4) is 0 Å². The first-order valence-corrected chi connectivity index (χ1v) is 2.41. The predicted octanol–water partition coefficient (Wildman–Crippen LogP) is 2.24. The second-order valence-corrected chi connectivity index (χ2v) is 1.47. The van der Waals surface area contributed by atoms with E-state index in [1.165, 1.54) is 6.26 Å². The molecule has 1 heterocycles. The Kier molecular flexibility index (Phi) is 3.53. The SMILES string of the molecule is CC(F)(F)F.c1cnoc1. The molecule has 1 rings (SSSR count). The Labute approximate surface area is 55.6 Å². The van der Waals surface area contributed by atoms with Crippen LogP contribution >= 0.6 is 0 Å². The zero-order valence-electron chi connectivity index (χ0n) is 5.22. The van der Waals surface area contributed by atoms with E-state index in [4.69, 9.17) is 0 Å². The Morgan fingerprint density at radius 3 is 2.00 bits per heavy atom. The summed E-state index contributed by atoms with van der Waals surface area (Å²) in [6, 6.07) is 1.72. The molecule has 0 fully saturated rings. The normalized spacial score (nSPS) is 10.0. The lowest BCUT2D eigenvalue weighted by molar-refractivity contribution is -0.110. The molecule has 0 radical (unpaired) electrons. The maximum absolute atomic E-state index is 10.4. The number of alkyl halides is 3. The van der Waals surface area contributed by atoms with Crippen LogP contribution in [0.5, 0.6) is 0 Å². The van der Waals surface area contributed by atoms with Crippen LogP contribution in [-0.4, -0.2) is 11.3 Å². The zero-order chi connectivity index (χ0) is 8.04. The molecule has 58 valence electrons. The summed E-state index contributed by atoms with van der Waals surface area (Å²) < 4.78 is 35.4. The number of aromatic nitrogens is 1. The molecule has 1 aromatic heterocycles. The molecule has 0 N–H and O–H groups in total. The average molecular weight is 153 g/mol. The summed E-state index contributed by atoms with van der Waals surface area (Å²) in [5.74, 6) is 0. The molecule has 0 bridgehead atoms. The van der Waals surface area contributed by atoms with Crippen molar-refractivity contribution in [3.05, 3.63) is 18.5 Å². The Balaban J connectivity index is 0.000000162. The van der Waals surface area contributed by atoms with Crippen molar-refractivity contribution < 1.29 is 17.7 Å². The largest absolute Gasteiger partial charge is 0.386 e. The molecule has 0 aliphatic carbocycles. The Morgan fingerprint density at radius 2 is 1.90 bits per heavy atom. The highest BCUT2D eigenvalue weighted by atomic mass is 19.4. The fourth-order valence-electron chi connectivity index (χ4n) is 0.176. The van der Waals surface area contributed by atoms with E-state index in [2.05, 4.69) is 9.68 Å². The summed E-state index contributed by atoms with van der Waals surface area (Å²) >= 11 is 0. The monoisotopic (exact) mass is 153 g/mol. The van der Waals surface area contributed by atoms with Gasteiger partial charge < -0.3 is 4.52 Å². The van der Waals surface area contributed by atoms with Crippen LogP contribution in [0.15, 0.2) is 23.0 Å². The van der Waals surface area contributed by atoms with E-state index in [1.54, 1.807) is 12.3 Å². The summed E-state index contributed by atoms with van der Waals surface area (Å²) in [7, 11) is 0. The number of nitrogens with zero attached hydrogens (tertiary/aromatic N) is 1. The molecule has 0 atom stereocenters. The van der Waals surface area contributed by atoms with Crippen LogP contribution in [0.4, 0.5) is 13.2 Å². The van der Waals surface area contributed by atoms with Crippen molar-refractivity contribution in [1.29, 1.82) is 0 Å². The molecule has 5 heteroatoms. The van der Waals surface area contributed by atoms with Gasteiger partial charge in [-0.3, -0.25) is 0 Å². The third kappa shape index (κ3) is 15.8. The highest BCUT2D eigenvalue weighted by Gasteiger charge is 2.15. The third-order valence-electron chi connectivity index (χ3n) is 0.347. The number of hydrogen-bond acceptors (Lipinski definition) is 2. The second kappa shape index (κ2) is 3.92. The standard InChI is InChI=1S/C3H3NO.C2H3F3/c1-2-4-5-3-1;1-2(3,4)5/h1-3H;1H3. The van der Waals surface area contributed by atoms with Crippen molar-refractivity contribution in [3.8, 4) is 0 Å². The van der Waals surface area contributed by atoms with Gasteiger partial charge in [0, 0.05) is 6.92 Å². The van der Waals surface area contributed by atoms with Crippen LogP contribution in [0.2, 0.25) is 0 Å². The number of rotatable bonds is 0. The molecule has 0 saturated carbocycles. The van der Waals surface area contributed by atoms with E-state index in [1.807, 2.05) is 0 Å². The molecule has 10 heavy (non-hydrogen) atoms. The van der Waals surface area contributed by atoms with Gasteiger partial charge in [-0.1, -0.05) is 5.16 Å². The fraction of sp³-hybridized carbons (Fsp3) is 0.400. The second-order valence-electron chi connectivity index (χ2n) is 1.47. The smallest absolute Gasteiger partial charge is 0.365 e. The van der Waals surface area contributed by atoms with E-state index in [0.29, 0.717) is 0 Å². The molecule has 0 spiro atoms. The van der Waals surface area contributed by atoms with E-state index < -0.39 is 6.18 Å². The maximum Gasteiger partial charge on any atom is 0.386 e. The van der Waals surface area contributed by atoms with Gasteiger partial charge in [0.05, 0.1) is 6.20 Å². The van der Waals surface area contributed by atoms with Gasteiger partial charge in [0.15, 0.2) is 0 Å². The van der Waals surface area contributed by atoms with Gasteiger partial charge in [-0.15, -0.1) is 0 Å². The van der Waals surface area contributed by atoms with E-state index in [9.17, 15) is 13.2 Å². The maximum atomic E-state index is 10.4. The van der Waals surface area contributed by atoms with E-state index in [0.717, 1.165) is 0 Å². The molecular formula is C5H6F3NO. The number of hydrogen-bond donors (Lipinski definition) is 0. The van der Waals surface area contributed by atoms with Crippen LogP contribution in [0.1, 0.15) is 6.92 Å². The Morgan fingerprint density at radius 1 is 1.40 bits per heavy atom. The fourth-order valence-corrected chi connectivity index (χ4v) is 0.176. The van der Waals surface area contributed by atoms with Gasteiger partial charge >= 0.3 is 6.18 Å². The molecule has 0 amide bonds. The molecule has 0 unspecified atom stereocenters. The molecule has 0 aliphatic rings. The van der Waals surface area contributed by atoms with Gasteiger partial charge in [-0.2, -0.15) is 13.2 Å². The summed E-state index contributed by atoms with van der Waals surface area (Å²) in [4.78, 5) is 0. The molecule has 0 aromatic carbocycles. The first kappa shape index (κ1) is 9.00. The van der Waals surface area contributed by atoms with Gasteiger partial charge in [0.25, 0.3) is 0 Å². The summed E-state index contributed by atoms with van der Waals surface area (Å²) in [5, 5.41) is 3.35. The lowest BCUT2D eigenvalue weighted by Gasteiger charge is -1.88. The predicted molar refractivity (Wildman–Crippen MR) is 28.2 cm³/mol. The molecular weight excluding hydrogens is 147 g/mol. The first-order valence-electron chi connectivity index (χ1n) is 2.41. The highest BCUT2D eigenvalue weighted by Crippen LogP contribution is 2.10. The Bertz CT molecular complexity index is 123. The summed E-state index contributed by atoms with van der Waals surface area (Å²) in [5.41, 5.74) is 0. The first-order chi connectivity index (χ1) is 4.50. The minimum absolute atomic E-state index is 0.188. The molecule has 0 saturated heterocycles. The Hall–Kier alpha value is -1.00. The zero-order valence-corrected chi connectivity index (χ0v) is 5.22. The van der Waals surface area contributed by atoms with Crippen molar-refractivity contribution in [2.75, 3.05) is 0 Å². The lowest BCUT2D eigenvalue weighted by atomic mass is 10.8. The van der Waals surface area contributed by atoms with E-state index >= 15 is 0 Å². The van der Waals surface area contributed by atoms with Crippen molar-refractivity contribution in [1.82, 2.24) is 5.16 Å². The van der Waals surface area contributed by atoms with Gasteiger partial charge in [0.2, 0.25) is 0 Å². The van der Waals surface area contributed by atoms with Gasteiger partial charge in [-0.05, 0) is 6.07 Å². The number of halogens is 3. The van der Waals surface area contributed by atoms with Gasteiger partial charge in [0.1, 0.15) is 6.26 Å². The molecule has 0 aliphatic heterocycles. The minimum Gasteiger partial charge on any atom is -0.365 e. The van der Waals surface area contributed by atoms with Crippen molar-refractivity contribution in [3.63, 3.8) is 0 Å². The van der Waals surface area contributed by atoms with Crippen LogP contribution in [0.25, 0.3) is 0 Å². The summed E-state index contributed by atoms with van der Waals surface area (Å²) in [6.07, 6.45) is -0.903. The van der Waals surface area contributed by atoms with Crippen molar-refractivity contribution in [2.24, 2.45) is 0 Å². The molecule has 1 aromatic rings. The highest BCUT2D eigenvalue weighted by molar-refractivity contribution is 4.67. The molecule has 2 nitrogen and oxygen atoms in total. The van der Waals surface area contributed by atoms with Crippen LogP contribution in [-0.2, 0) is 0 Å². The van der Waals surface area contributed by atoms with Crippen molar-refractivity contribution in [2.45, 2.75) is 13.1 Å². The van der Waals surface area contributed by atoms with Crippen LogP contribution in [0, 0.1) is 0 Å². The quantitative estimate of drug-likeness (QED) is 0.571.